The fourth-order valence-corrected chi connectivity index (χ4v) is 2.12. The number of benzene rings is 1. The number of ether oxygens (including phenoxy) is 6. The Kier molecular flexibility index (Phi) is 13.8. The molecule has 0 aliphatic heterocycles. The van der Waals surface area contributed by atoms with Crippen molar-refractivity contribution in [1.29, 1.82) is 0 Å². The Morgan fingerprint density at radius 1 is 0.800 bits per heavy atom. The quantitative estimate of drug-likeness (QED) is 0.386. The fourth-order valence-electron chi connectivity index (χ4n) is 2.12. The SMILES string of the molecule is CC(C)(C)OC(=O)Nc1ccc(OCCOCCOCCOCCOCCN)cc1. The first-order valence-corrected chi connectivity index (χ1v) is 10.1. The minimum absolute atomic E-state index is 0.421. The molecule has 0 saturated heterocycles. The van der Waals surface area contributed by atoms with E-state index in [9.17, 15) is 4.79 Å². The van der Waals surface area contributed by atoms with Crippen molar-refractivity contribution in [2.75, 3.05) is 71.3 Å². The second-order valence-corrected chi connectivity index (χ2v) is 7.24. The largest absolute Gasteiger partial charge is 0.491 e. The summed E-state index contributed by atoms with van der Waals surface area (Å²) in [7, 11) is 0. The van der Waals surface area contributed by atoms with Crippen molar-refractivity contribution in [3.8, 4) is 5.75 Å². The zero-order valence-corrected chi connectivity index (χ0v) is 18.3. The van der Waals surface area contributed by atoms with Crippen molar-refractivity contribution in [2.24, 2.45) is 5.73 Å². The molecule has 0 heterocycles. The van der Waals surface area contributed by atoms with Gasteiger partial charge < -0.3 is 34.2 Å². The lowest BCUT2D eigenvalue weighted by molar-refractivity contribution is -0.00386. The summed E-state index contributed by atoms with van der Waals surface area (Å²) >= 11 is 0. The van der Waals surface area contributed by atoms with Crippen LogP contribution in [0.15, 0.2) is 24.3 Å². The summed E-state index contributed by atoms with van der Waals surface area (Å²) in [5.41, 5.74) is 5.41. The van der Waals surface area contributed by atoms with Gasteiger partial charge in [-0.25, -0.2) is 4.79 Å². The number of rotatable bonds is 16. The predicted octanol–water partition coefficient (Wildman–Crippen LogP) is 2.44. The molecule has 0 fully saturated rings. The van der Waals surface area contributed by atoms with Crippen LogP contribution >= 0.6 is 0 Å². The monoisotopic (exact) mass is 428 g/mol. The highest BCUT2D eigenvalue weighted by molar-refractivity contribution is 5.84. The van der Waals surface area contributed by atoms with E-state index in [4.69, 9.17) is 34.2 Å². The predicted molar refractivity (Wildman–Crippen MR) is 114 cm³/mol. The summed E-state index contributed by atoms with van der Waals surface area (Å²) in [6.45, 7) is 10.5. The van der Waals surface area contributed by atoms with Gasteiger partial charge in [-0.1, -0.05) is 0 Å². The Morgan fingerprint density at radius 2 is 1.27 bits per heavy atom. The molecule has 0 atom stereocenters. The van der Waals surface area contributed by atoms with Gasteiger partial charge in [0.2, 0.25) is 0 Å². The first kappa shape index (κ1) is 26.1. The molecule has 1 aromatic carbocycles. The minimum atomic E-state index is -0.536. The number of hydrogen-bond donors (Lipinski definition) is 2. The summed E-state index contributed by atoms with van der Waals surface area (Å²) in [5.74, 6) is 0.692. The molecule has 9 heteroatoms. The molecule has 0 aliphatic carbocycles. The van der Waals surface area contributed by atoms with E-state index in [0.29, 0.717) is 77.4 Å². The molecule has 0 radical (unpaired) electrons. The van der Waals surface area contributed by atoms with E-state index in [-0.39, 0.29) is 0 Å². The molecular formula is C21H36N2O7. The van der Waals surface area contributed by atoms with Crippen molar-refractivity contribution in [3.05, 3.63) is 24.3 Å². The maximum atomic E-state index is 11.7. The number of carbonyl (C=O) groups is 1. The maximum Gasteiger partial charge on any atom is 0.412 e. The Balaban J connectivity index is 1.97. The second-order valence-electron chi connectivity index (χ2n) is 7.24. The molecular weight excluding hydrogens is 392 g/mol. The van der Waals surface area contributed by atoms with E-state index in [1.54, 1.807) is 24.3 Å². The van der Waals surface area contributed by atoms with Crippen LogP contribution in [0.3, 0.4) is 0 Å². The van der Waals surface area contributed by atoms with Gasteiger partial charge >= 0.3 is 6.09 Å². The van der Waals surface area contributed by atoms with Crippen molar-refractivity contribution >= 4 is 11.8 Å². The smallest absolute Gasteiger partial charge is 0.412 e. The van der Waals surface area contributed by atoms with E-state index < -0.39 is 11.7 Å². The molecule has 0 spiro atoms. The summed E-state index contributed by atoms with van der Waals surface area (Å²) in [4.78, 5) is 11.7. The Hall–Kier alpha value is -1.91. The van der Waals surface area contributed by atoms with Gasteiger partial charge in [-0.15, -0.1) is 0 Å². The summed E-state index contributed by atoms with van der Waals surface area (Å²) in [5, 5.41) is 2.67. The van der Waals surface area contributed by atoms with E-state index in [1.807, 2.05) is 20.8 Å². The van der Waals surface area contributed by atoms with Crippen LogP contribution < -0.4 is 15.8 Å². The van der Waals surface area contributed by atoms with Gasteiger partial charge in [0.25, 0.3) is 0 Å². The van der Waals surface area contributed by atoms with Crippen LogP contribution in [-0.2, 0) is 23.7 Å². The highest BCUT2D eigenvalue weighted by Gasteiger charge is 2.16. The Bertz CT molecular complexity index is 561. The normalized spacial score (nSPS) is 11.3. The third kappa shape index (κ3) is 15.0. The van der Waals surface area contributed by atoms with Gasteiger partial charge in [0.15, 0.2) is 0 Å². The number of anilines is 1. The van der Waals surface area contributed by atoms with Crippen molar-refractivity contribution < 1.29 is 33.2 Å². The van der Waals surface area contributed by atoms with Gasteiger partial charge in [0, 0.05) is 12.2 Å². The van der Waals surface area contributed by atoms with Crippen LogP contribution in [0.25, 0.3) is 0 Å². The number of amides is 1. The van der Waals surface area contributed by atoms with Crippen molar-refractivity contribution in [3.63, 3.8) is 0 Å². The molecule has 0 aromatic heterocycles. The first-order chi connectivity index (χ1) is 14.4. The zero-order chi connectivity index (χ0) is 22.1. The van der Waals surface area contributed by atoms with Gasteiger partial charge in [-0.05, 0) is 45.0 Å². The van der Waals surface area contributed by atoms with Crippen LogP contribution in [0, 0.1) is 0 Å². The zero-order valence-electron chi connectivity index (χ0n) is 18.3. The highest BCUT2D eigenvalue weighted by Crippen LogP contribution is 2.17. The number of nitrogens with one attached hydrogen (secondary N) is 1. The van der Waals surface area contributed by atoms with Gasteiger partial charge in [-0.3, -0.25) is 5.32 Å². The second kappa shape index (κ2) is 15.9. The van der Waals surface area contributed by atoms with E-state index in [2.05, 4.69) is 5.32 Å². The number of hydrogen-bond acceptors (Lipinski definition) is 8. The molecule has 172 valence electrons. The molecule has 1 rings (SSSR count). The van der Waals surface area contributed by atoms with Gasteiger partial charge in [-0.2, -0.15) is 0 Å². The van der Waals surface area contributed by atoms with E-state index in [1.165, 1.54) is 0 Å². The van der Waals surface area contributed by atoms with Crippen LogP contribution in [0.1, 0.15) is 20.8 Å². The lowest BCUT2D eigenvalue weighted by Gasteiger charge is -2.19. The molecule has 0 bridgehead atoms. The van der Waals surface area contributed by atoms with Crippen LogP contribution in [0.4, 0.5) is 10.5 Å². The van der Waals surface area contributed by atoms with Crippen LogP contribution in [0.2, 0.25) is 0 Å². The lowest BCUT2D eigenvalue weighted by Crippen LogP contribution is -2.27. The first-order valence-electron chi connectivity index (χ1n) is 10.1. The molecule has 1 aromatic rings. The summed E-state index contributed by atoms with van der Waals surface area (Å²) < 4.78 is 32.2. The third-order valence-electron chi connectivity index (χ3n) is 3.37. The lowest BCUT2D eigenvalue weighted by atomic mass is 10.2. The standard InChI is InChI=1S/C21H36N2O7/c1-21(2,3)30-20(24)23-18-4-6-19(7-5-18)29-17-16-28-15-14-27-13-12-26-11-10-25-9-8-22/h4-7H,8-17,22H2,1-3H3,(H,23,24). The Labute approximate surface area is 179 Å². The third-order valence-corrected chi connectivity index (χ3v) is 3.37. The van der Waals surface area contributed by atoms with Gasteiger partial charge in [0.1, 0.15) is 18.0 Å². The number of carbonyl (C=O) groups excluding carboxylic acids is 1. The topological polar surface area (TPSA) is 111 Å². The molecule has 30 heavy (non-hydrogen) atoms. The summed E-state index contributed by atoms with van der Waals surface area (Å²) in [6, 6.07) is 7.05. The fraction of sp³-hybridized carbons (Fsp3) is 0.667. The average molecular weight is 429 g/mol. The van der Waals surface area contributed by atoms with E-state index in [0.717, 1.165) is 0 Å². The minimum Gasteiger partial charge on any atom is -0.491 e. The number of nitrogens with two attached hydrogens (primary N) is 1. The summed E-state index contributed by atoms with van der Waals surface area (Å²) in [6.07, 6.45) is -0.491. The molecule has 1 amide bonds. The van der Waals surface area contributed by atoms with Crippen LogP contribution in [0.5, 0.6) is 5.75 Å². The molecule has 3 N–H and O–H groups in total. The average Bonchev–Trinajstić information content (AvgIpc) is 2.68. The maximum absolute atomic E-state index is 11.7. The van der Waals surface area contributed by atoms with E-state index >= 15 is 0 Å². The Morgan fingerprint density at radius 3 is 1.73 bits per heavy atom. The van der Waals surface area contributed by atoms with Crippen LogP contribution in [-0.4, -0.2) is 77.7 Å². The molecule has 0 saturated carbocycles. The van der Waals surface area contributed by atoms with Crippen molar-refractivity contribution in [1.82, 2.24) is 0 Å². The molecule has 0 aliphatic rings. The van der Waals surface area contributed by atoms with Crippen molar-refractivity contribution in [2.45, 2.75) is 26.4 Å². The molecule has 9 nitrogen and oxygen atoms in total. The van der Waals surface area contributed by atoms with Gasteiger partial charge in [0.05, 0.1) is 52.9 Å². The highest BCUT2D eigenvalue weighted by atomic mass is 16.6. The molecule has 0 unspecified atom stereocenters.